The van der Waals surface area contributed by atoms with Crippen molar-refractivity contribution in [3.05, 3.63) is 38.4 Å². The van der Waals surface area contributed by atoms with Gasteiger partial charge in [0.2, 0.25) is 2.14 Å². The van der Waals surface area contributed by atoms with Crippen molar-refractivity contribution in [2.24, 2.45) is 0 Å². The lowest BCUT2D eigenvalue weighted by atomic mass is 10.2. The van der Waals surface area contributed by atoms with E-state index in [0.717, 1.165) is 18.2 Å². The average molecular weight is 462 g/mol. The zero-order valence-electron chi connectivity index (χ0n) is 8.80. The fourth-order valence-corrected chi connectivity index (χ4v) is 1.44. The molecule has 0 aliphatic carbocycles. The number of anilines is 1. The third kappa shape index (κ3) is 3.94. The Kier molecular flexibility index (Phi) is 4.98. The summed E-state index contributed by atoms with van der Waals surface area (Å²) in [6, 6.07) is 3.28. The molecule has 8 nitrogen and oxygen atoms in total. The number of hydrogen-bond donors (Lipinski definition) is 1. The van der Waals surface area contributed by atoms with Gasteiger partial charge in [0.25, 0.3) is 17.3 Å². The van der Waals surface area contributed by atoms with Gasteiger partial charge >= 0.3 is 0 Å². The Morgan fingerprint density at radius 3 is 1.84 bits per heavy atom. The Bertz CT molecular complexity index is 525. The van der Waals surface area contributed by atoms with E-state index in [1.54, 1.807) is 0 Å². The molecule has 1 rings (SSSR count). The first-order valence-electron chi connectivity index (χ1n) is 4.44. The molecule has 1 aromatic carbocycles. The lowest BCUT2D eigenvalue weighted by Crippen LogP contribution is -2.26. The van der Waals surface area contributed by atoms with Gasteiger partial charge in [-0.3, -0.25) is 25.0 Å². The molecule has 0 aliphatic heterocycles. The highest BCUT2D eigenvalue weighted by Crippen LogP contribution is 2.38. The van der Waals surface area contributed by atoms with Crippen LogP contribution in [0.4, 0.5) is 17.1 Å². The van der Waals surface area contributed by atoms with Crippen molar-refractivity contribution < 1.29 is 14.6 Å². The van der Waals surface area contributed by atoms with Crippen LogP contribution in [0.1, 0.15) is 0 Å². The van der Waals surface area contributed by atoms with Crippen LogP contribution in [-0.4, -0.2) is 17.9 Å². The zero-order chi connectivity index (χ0) is 14.8. The van der Waals surface area contributed by atoms with Crippen LogP contribution in [0.3, 0.4) is 0 Å². The standard InChI is InChI=1S/C8H4Br3N3O5/c9-8(10,11)7(15)12-6-4(13(16)17)2-1-3-5(6)14(18)19/h1-3H,(H,12,15). The van der Waals surface area contributed by atoms with Crippen LogP contribution in [0.15, 0.2) is 18.2 Å². The van der Waals surface area contributed by atoms with Crippen LogP contribution in [0, 0.1) is 20.2 Å². The monoisotopic (exact) mass is 459 g/mol. The van der Waals surface area contributed by atoms with E-state index in [4.69, 9.17) is 0 Å². The molecule has 0 saturated carbocycles. The molecule has 0 heterocycles. The van der Waals surface area contributed by atoms with E-state index in [0.29, 0.717) is 0 Å². The summed E-state index contributed by atoms with van der Waals surface area (Å²) in [6.07, 6.45) is 0. The number of amides is 1. The first-order chi connectivity index (χ1) is 8.64. The second-order valence-electron chi connectivity index (χ2n) is 3.14. The first-order valence-corrected chi connectivity index (χ1v) is 6.82. The molecule has 11 heteroatoms. The molecule has 1 aromatic rings. The molecule has 0 bridgehead atoms. The van der Waals surface area contributed by atoms with Crippen molar-refractivity contribution in [1.29, 1.82) is 0 Å². The van der Waals surface area contributed by atoms with Crippen LogP contribution in [0.25, 0.3) is 0 Å². The molecule has 0 spiro atoms. The summed E-state index contributed by atoms with van der Waals surface area (Å²) in [5.41, 5.74) is -1.62. The molecule has 1 amide bonds. The number of carbonyl (C=O) groups excluding carboxylic acids is 1. The summed E-state index contributed by atoms with van der Waals surface area (Å²) in [5.74, 6) is -0.787. The fraction of sp³-hybridized carbons (Fsp3) is 0.125. The number of nitrogens with zero attached hydrogens (tertiary/aromatic N) is 2. The van der Waals surface area contributed by atoms with Crippen LogP contribution < -0.4 is 5.32 Å². The summed E-state index contributed by atoms with van der Waals surface area (Å²) in [6.45, 7) is 0. The van der Waals surface area contributed by atoms with Gasteiger partial charge in [0.15, 0.2) is 5.69 Å². The molecule has 0 radical (unpaired) electrons. The Hall–Kier alpha value is -1.07. The molecule has 0 saturated heterocycles. The third-order valence-electron chi connectivity index (χ3n) is 1.91. The zero-order valence-corrected chi connectivity index (χ0v) is 13.6. The number of rotatable bonds is 3. The van der Waals surface area contributed by atoms with Gasteiger partial charge in [0.1, 0.15) is 0 Å². The van der Waals surface area contributed by atoms with Gasteiger partial charge in [-0.05, 0) is 53.9 Å². The highest BCUT2D eigenvalue weighted by atomic mass is 80.0. The van der Waals surface area contributed by atoms with Gasteiger partial charge in [0, 0.05) is 12.1 Å². The first kappa shape index (κ1) is 16.0. The average Bonchev–Trinajstić information content (AvgIpc) is 2.27. The van der Waals surface area contributed by atoms with E-state index in [9.17, 15) is 25.0 Å². The molecule has 19 heavy (non-hydrogen) atoms. The lowest BCUT2D eigenvalue weighted by molar-refractivity contribution is -0.392. The number of nitrogens with one attached hydrogen (secondary N) is 1. The summed E-state index contributed by atoms with van der Waals surface area (Å²) >= 11 is 8.72. The minimum Gasteiger partial charge on any atom is -0.312 e. The van der Waals surface area contributed by atoms with Crippen LogP contribution in [0.2, 0.25) is 0 Å². The molecule has 102 valence electrons. The van der Waals surface area contributed by atoms with Gasteiger partial charge in [-0.25, -0.2) is 0 Å². The highest BCUT2D eigenvalue weighted by molar-refractivity contribution is 9.40. The number of alkyl halides is 3. The van der Waals surface area contributed by atoms with E-state index < -0.39 is 35.0 Å². The maximum Gasteiger partial charge on any atom is 0.299 e. The molecule has 1 N–H and O–H groups in total. The molecule has 0 aliphatic rings. The summed E-state index contributed by atoms with van der Waals surface area (Å²) in [4.78, 5) is 31.7. The van der Waals surface area contributed by atoms with Crippen molar-refractivity contribution in [1.82, 2.24) is 0 Å². The van der Waals surface area contributed by atoms with Gasteiger partial charge < -0.3 is 5.32 Å². The SMILES string of the molecule is O=C(Nc1c([N+](=O)[O-])cccc1[N+](=O)[O-])C(Br)(Br)Br. The normalized spacial score (nSPS) is 10.9. The number of nitro benzene ring substituents is 2. The fourth-order valence-electron chi connectivity index (χ4n) is 1.15. The largest absolute Gasteiger partial charge is 0.312 e. The van der Waals surface area contributed by atoms with Crippen LogP contribution in [-0.2, 0) is 4.79 Å². The number of halogens is 3. The topological polar surface area (TPSA) is 115 Å². The minimum atomic E-state index is -1.38. The Morgan fingerprint density at radius 1 is 1.11 bits per heavy atom. The number of benzene rings is 1. The van der Waals surface area contributed by atoms with Crippen LogP contribution in [0.5, 0.6) is 0 Å². The molecular formula is C8H4Br3N3O5. The molecule has 0 atom stereocenters. The molecular weight excluding hydrogens is 458 g/mol. The van der Waals surface area contributed by atoms with E-state index >= 15 is 0 Å². The number of carbonyl (C=O) groups is 1. The third-order valence-corrected chi connectivity index (χ3v) is 2.99. The van der Waals surface area contributed by atoms with Crippen molar-refractivity contribution in [2.45, 2.75) is 2.14 Å². The minimum absolute atomic E-state index is 0.481. The summed E-state index contributed by atoms with van der Waals surface area (Å²) < 4.78 is -1.38. The highest BCUT2D eigenvalue weighted by Gasteiger charge is 2.33. The van der Waals surface area contributed by atoms with Gasteiger partial charge in [-0.2, -0.15) is 0 Å². The summed E-state index contributed by atoms with van der Waals surface area (Å²) in [7, 11) is 0. The van der Waals surface area contributed by atoms with Crippen LogP contribution >= 0.6 is 47.8 Å². The van der Waals surface area contributed by atoms with Gasteiger partial charge in [-0.1, -0.05) is 0 Å². The number of hydrogen-bond acceptors (Lipinski definition) is 5. The molecule has 0 unspecified atom stereocenters. The maximum absolute atomic E-state index is 11.7. The van der Waals surface area contributed by atoms with E-state index in [1.807, 2.05) is 0 Å². The van der Waals surface area contributed by atoms with E-state index in [1.165, 1.54) is 0 Å². The second kappa shape index (κ2) is 5.92. The Morgan fingerprint density at radius 2 is 1.53 bits per heavy atom. The number of para-hydroxylation sites is 1. The van der Waals surface area contributed by atoms with Crippen molar-refractivity contribution in [3.63, 3.8) is 0 Å². The van der Waals surface area contributed by atoms with Crippen molar-refractivity contribution in [2.75, 3.05) is 5.32 Å². The smallest absolute Gasteiger partial charge is 0.299 e. The van der Waals surface area contributed by atoms with Gasteiger partial charge in [0.05, 0.1) is 9.85 Å². The summed E-state index contributed by atoms with van der Waals surface area (Å²) in [5, 5.41) is 23.8. The lowest BCUT2D eigenvalue weighted by Gasteiger charge is -2.12. The van der Waals surface area contributed by atoms with Crippen molar-refractivity contribution >= 4 is 70.8 Å². The van der Waals surface area contributed by atoms with Crippen molar-refractivity contribution in [3.8, 4) is 0 Å². The second-order valence-corrected chi connectivity index (χ2v) is 9.90. The quantitative estimate of drug-likeness (QED) is 0.421. The van der Waals surface area contributed by atoms with E-state index in [-0.39, 0.29) is 0 Å². The predicted octanol–water partition coefficient (Wildman–Crippen LogP) is 3.28. The van der Waals surface area contributed by atoms with E-state index in [2.05, 4.69) is 53.1 Å². The number of nitro groups is 2. The predicted molar refractivity (Wildman–Crippen MR) is 77.9 cm³/mol. The maximum atomic E-state index is 11.7. The molecule has 0 fully saturated rings. The molecule has 0 aromatic heterocycles. The van der Waals surface area contributed by atoms with Gasteiger partial charge in [-0.15, -0.1) is 0 Å². The Labute approximate surface area is 131 Å². The Balaban J connectivity index is 3.34.